The van der Waals surface area contributed by atoms with Gasteiger partial charge in [-0.05, 0) is 43.9 Å². The Balaban J connectivity index is 1.62. The van der Waals surface area contributed by atoms with Crippen LogP contribution in [-0.2, 0) is 6.54 Å². The molecule has 2 saturated heterocycles. The smallest absolute Gasteiger partial charge is 0.0239 e. The lowest BCUT2D eigenvalue weighted by Gasteiger charge is -2.32. The van der Waals surface area contributed by atoms with Gasteiger partial charge in [0, 0.05) is 51.9 Å². The lowest BCUT2D eigenvalue weighted by molar-refractivity contribution is 0.170. The Hall–Kier alpha value is -0.900. The maximum absolute atomic E-state index is 3.45. The number of rotatable bonds is 3. The molecule has 0 spiro atoms. The third-order valence-electron chi connectivity index (χ3n) is 5.14. The van der Waals surface area contributed by atoms with Gasteiger partial charge >= 0.3 is 0 Å². The number of benzene rings is 1. The highest BCUT2D eigenvalue weighted by Gasteiger charge is 2.28. The molecule has 0 aromatic heterocycles. The summed E-state index contributed by atoms with van der Waals surface area (Å²) in [4.78, 5) is 5.34. The number of likely N-dealkylation sites (tertiary alicyclic amines) is 1. The summed E-state index contributed by atoms with van der Waals surface area (Å²) in [6, 6.07) is 5.43. The number of hydrogen-bond acceptors (Lipinski definition) is 3. The van der Waals surface area contributed by atoms with Crippen molar-refractivity contribution >= 4 is 0 Å². The van der Waals surface area contributed by atoms with Gasteiger partial charge in [-0.15, -0.1) is 0 Å². The van der Waals surface area contributed by atoms with Crippen LogP contribution in [0, 0.1) is 20.8 Å². The Morgan fingerprint density at radius 3 is 2.38 bits per heavy atom. The predicted molar refractivity (Wildman–Crippen MR) is 88.8 cm³/mol. The molecule has 0 bridgehead atoms. The monoisotopic (exact) mass is 287 g/mol. The van der Waals surface area contributed by atoms with E-state index in [4.69, 9.17) is 0 Å². The molecule has 1 atom stereocenters. The minimum atomic E-state index is 0.776. The normalized spacial score (nSPS) is 24.6. The van der Waals surface area contributed by atoms with Crippen LogP contribution in [0.4, 0.5) is 0 Å². The fraction of sp³-hybridized carbons (Fsp3) is 0.667. The molecule has 0 amide bonds. The second kappa shape index (κ2) is 6.47. The Bertz CT molecular complexity index is 468. The molecule has 116 valence electrons. The molecular weight excluding hydrogens is 258 g/mol. The minimum absolute atomic E-state index is 0.776. The lowest BCUT2D eigenvalue weighted by Crippen LogP contribution is -2.49. The number of nitrogens with one attached hydrogen (secondary N) is 1. The van der Waals surface area contributed by atoms with Crippen LogP contribution in [0.3, 0.4) is 0 Å². The van der Waals surface area contributed by atoms with Crippen LogP contribution in [0.2, 0.25) is 0 Å². The third kappa shape index (κ3) is 3.47. The number of aryl methyl sites for hydroxylation is 3. The van der Waals surface area contributed by atoms with Crippen molar-refractivity contribution in [2.45, 2.75) is 39.8 Å². The fourth-order valence-electron chi connectivity index (χ4n) is 3.98. The highest BCUT2D eigenvalue weighted by Crippen LogP contribution is 2.22. The summed E-state index contributed by atoms with van der Waals surface area (Å²) in [6.45, 7) is 15.1. The van der Waals surface area contributed by atoms with E-state index < -0.39 is 0 Å². The van der Waals surface area contributed by atoms with E-state index in [2.05, 4.69) is 48.0 Å². The summed E-state index contributed by atoms with van der Waals surface area (Å²) in [5.74, 6) is 0. The topological polar surface area (TPSA) is 18.5 Å². The molecule has 1 aromatic carbocycles. The van der Waals surface area contributed by atoms with Gasteiger partial charge in [0.25, 0.3) is 0 Å². The summed E-state index contributed by atoms with van der Waals surface area (Å²) < 4.78 is 0. The molecule has 3 heteroatoms. The average molecular weight is 287 g/mol. The van der Waals surface area contributed by atoms with Crippen molar-refractivity contribution in [2.75, 3.05) is 39.3 Å². The molecule has 2 aliphatic heterocycles. The van der Waals surface area contributed by atoms with Gasteiger partial charge in [-0.25, -0.2) is 0 Å². The second-order valence-electron chi connectivity index (χ2n) is 6.84. The van der Waals surface area contributed by atoms with Crippen molar-refractivity contribution in [2.24, 2.45) is 0 Å². The van der Waals surface area contributed by atoms with E-state index in [1.165, 1.54) is 49.3 Å². The zero-order valence-electron chi connectivity index (χ0n) is 13.8. The zero-order chi connectivity index (χ0) is 14.8. The molecule has 0 radical (unpaired) electrons. The van der Waals surface area contributed by atoms with E-state index in [1.54, 1.807) is 5.56 Å². The molecular formula is C18H29N3. The molecule has 0 aliphatic carbocycles. The van der Waals surface area contributed by atoms with E-state index in [9.17, 15) is 0 Å². The quantitative estimate of drug-likeness (QED) is 0.918. The van der Waals surface area contributed by atoms with Crippen molar-refractivity contribution in [1.29, 1.82) is 0 Å². The Kier molecular flexibility index (Phi) is 4.63. The minimum Gasteiger partial charge on any atom is -0.314 e. The van der Waals surface area contributed by atoms with Crippen LogP contribution < -0.4 is 5.32 Å². The predicted octanol–water partition coefficient (Wildman–Crippen LogP) is 2.09. The molecule has 3 rings (SSSR count). The van der Waals surface area contributed by atoms with Crippen molar-refractivity contribution < 1.29 is 0 Å². The van der Waals surface area contributed by atoms with Crippen molar-refractivity contribution in [3.05, 3.63) is 34.4 Å². The molecule has 0 saturated carbocycles. The van der Waals surface area contributed by atoms with Gasteiger partial charge in [0.1, 0.15) is 0 Å². The standard InChI is InChI=1S/C18H29N3/c1-14-10-15(2)18(16(3)11-14)13-20-7-4-17(12-20)21-8-5-19-6-9-21/h10-11,17,19H,4-9,12-13H2,1-3H3. The largest absolute Gasteiger partial charge is 0.314 e. The molecule has 21 heavy (non-hydrogen) atoms. The first-order chi connectivity index (χ1) is 10.1. The van der Waals surface area contributed by atoms with Gasteiger partial charge < -0.3 is 5.32 Å². The molecule has 1 unspecified atom stereocenters. The van der Waals surface area contributed by atoms with Crippen LogP contribution >= 0.6 is 0 Å². The van der Waals surface area contributed by atoms with Crippen LogP contribution in [0.1, 0.15) is 28.7 Å². The number of nitrogens with zero attached hydrogens (tertiary/aromatic N) is 2. The van der Waals surface area contributed by atoms with Crippen LogP contribution in [0.25, 0.3) is 0 Å². The average Bonchev–Trinajstić information content (AvgIpc) is 2.92. The van der Waals surface area contributed by atoms with Gasteiger partial charge in [-0.1, -0.05) is 17.7 Å². The van der Waals surface area contributed by atoms with Crippen molar-refractivity contribution in [3.63, 3.8) is 0 Å². The molecule has 2 heterocycles. The summed E-state index contributed by atoms with van der Waals surface area (Å²) >= 11 is 0. The second-order valence-corrected chi connectivity index (χ2v) is 6.84. The van der Waals surface area contributed by atoms with E-state index >= 15 is 0 Å². The summed E-state index contributed by atoms with van der Waals surface area (Å²) in [5, 5.41) is 3.45. The highest BCUT2D eigenvalue weighted by molar-refractivity contribution is 5.37. The van der Waals surface area contributed by atoms with Gasteiger partial charge in [0.15, 0.2) is 0 Å². The Labute approximate surface area is 129 Å². The van der Waals surface area contributed by atoms with Crippen LogP contribution in [-0.4, -0.2) is 55.1 Å². The summed E-state index contributed by atoms with van der Waals surface area (Å²) in [7, 11) is 0. The first-order valence-corrected chi connectivity index (χ1v) is 8.37. The van der Waals surface area contributed by atoms with Crippen LogP contribution in [0.15, 0.2) is 12.1 Å². The Morgan fingerprint density at radius 2 is 1.71 bits per heavy atom. The number of hydrogen-bond donors (Lipinski definition) is 1. The molecule has 2 aliphatic rings. The molecule has 2 fully saturated rings. The first-order valence-electron chi connectivity index (χ1n) is 8.37. The zero-order valence-corrected chi connectivity index (χ0v) is 13.8. The van der Waals surface area contributed by atoms with E-state index in [1.807, 2.05) is 0 Å². The SMILES string of the molecule is Cc1cc(C)c(CN2CCC(N3CCNCC3)C2)c(C)c1. The van der Waals surface area contributed by atoms with E-state index in [-0.39, 0.29) is 0 Å². The maximum Gasteiger partial charge on any atom is 0.0239 e. The maximum atomic E-state index is 3.45. The lowest BCUT2D eigenvalue weighted by atomic mass is 9.99. The van der Waals surface area contributed by atoms with E-state index in [0.717, 1.165) is 25.7 Å². The molecule has 3 nitrogen and oxygen atoms in total. The summed E-state index contributed by atoms with van der Waals surface area (Å²) in [5.41, 5.74) is 5.84. The Morgan fingerprint density at radius 1 is 1.05 bits per heavy atom. The third-order valence-corrected chi connectivity index (χ3v) is 5.14. The van der Waals surface area contributed by atoms with Crippen molar-refractivity contribution in [1.82, 2.24) is 15.1 Å². The molecule has 1 N–H and O–H groups in total. The summed E-state index contributed by atoms with van der Waals surface area (Å²) in [6.07, 6.45) is 1.34. The van der Waals surface area contributed by atoms with Gasteiger partial charge in [-0.2, -0.15) is 0 Å². The van der Waals surface area contributed by atoms with E-state index in [0.29, 0.717) is 0 Å². The first kappa shape index (κ1) is 15.0. The highest BCUT2D eigenvalue weighted by atomic mass is 15.3. The van der Waals surface area contributed by atoms with Gasteiger partial charge in [-0.3, -0.25) is 9.80 Å². The van der Waals surface area contributed by atoms with Crippen LogP contribution in [0.5, 0.6) is 0 Å². The van der Waals surface area contributed by atoms with Gasteiger partial charge in [0.2, 0.25) is 0 Å². The fourth-order valence-corrected chi connectivity index (χ4v) is 3.98. The molecule has 1 aromatic rings. The number of piperazine rings is 1. The van der Waals surface area contributed by atoms with Crippen molar-refractivity contribution in [3.8, 4) is 0 Å². The van der Waals surface area contributed by atoms with Gasteiger partial charge in [0.05, 0.1) is 0 Å².